The van der Waals surface area contributed by atoms with Crippen molar-refractivity contribution >= 4 is 28.1 Å². The maximum absolute atomic E-state index is 12.3. The number of rotatable bonds is 5. The predicted molar refractivity (Wildman–Crippen MR) is 95.3 cm³/mol. The first kappa shape index (κ1) is 17.9. The summed E-state index contributed by atoms with van der Waals surface area (Å²) >= 11 is 1.21. The number of hydrogen-bond acceptors (Lipinski definition) is 5. The lowest BCUT2D eigenvalue weighted by atomic mass is 10.1. The molecule has 0 radical (unpaired) electrons. The summed E-state index contributed by atoms with van der Waals surface area (Å²) in [6.45, 7) is 1.87. The zero-order valence-electron chi connectivity index (χ0n) is 12.4. The van der Waals surface area contributed by atoms with Crippen LogP contribution in [0.3, 0.4) is 0 Å². The predicted octanol–water partition coefficient (Wildman–Crippen LogP) is 2.13. The molecule has 0 saturated heterocycles. The first-order valence-corrected chi connectivity index (χ1v) is 8.04. The van der Waals surface area contributed by atoms with Crippen LogP contribution in [0.4, 0.5) is 0 Å². The van der Waals surface area contributed by atoms with Gasteiger partial charge in [-0.05, 0) is 18.6 Å². The summed E-state index contributed by atoms with van der Waals surface area (Å²) in [5, 5.41) is 16.3. The second kappa shape index (κ2) is 6.98. The SMILES string of the molecule is C.CC[C@@H](CO)n1nc(-c2csc(C(N)=O)c2)c2c(=O)[nH]ccc21. The van der Waals surface area contributed by atoms with E-state index >= 15 is 0 Å². The monoisotopic (exact) mass is 348 g/mol. The third-order valence-corrected chi connectivity index (χ3v) is 4.72. The number of aliphatic hydroxyl groups excluding tert-OH is 1. The third kappa shape index (κ3) is 2.85. The maximum Gasteiger partial charge on any atom is 0.259 e. The molecular formula is C16H20N4O3S. The summed E-state index contributed by atoms with van der Waals surface area (Å²) in [5.41, 5.74) is 6.83. The van der Waals surface area contributed by atoms with Crippen molar-refractivity contribution < 1.29 is 9.90 Å². The number of thiophene rings is 1. The number of hydrogen-bond donors (Lipinski definition) is 3. The van der Waals surface area contributed by atoms with E-state index in [-0.39, 0.29) is 25.6 Å². The molecule has 0 saturated carbocycles. The van der Waals surface area contributed by atoms with Crippen LogP contribution in [0.1, 0.15) is 36.5 Å². The van der Waals surface area contributed by atoms with Crippen LogP contribution in [0.5, 0.6) is 0 Å². The number of pyridine rings is 1. The Morgan fingerprint density at radius 2 is 2.29 bits per heavy atom. The van der Waals surface area contributed by atoms with Crippen molar-refractivity contribution in [3.8, 4) is 11.3 Å². The fraction of sp³-hybridized carbons (Fsp3) is 0.312. The quantitative estimate of drug-likeness (QED) is 0.655. The Bertz CT molecular complexity index is 921. The molecule has 7 nitrogen and oxygen atoms in total. The molecule has 0 fully saturated rings. The van der Waals surface area contributed by atoms with E-state index in [4.69, 9.17) is 5.73 Å². The van der Waals surface area contributed by atoms with Gasteiger partial charge in [-0.3, -0.25) is 14.3 Å². The zero-order valence-corrected chi connectivity index (χ0v) is 13.3. The van der Waals surface area contributed by atoms with E-state index in [1.165, 1.54) is 11.3 Å². The highest BCUT2D eigenvalue weighted by atomic mass is 32.1. The molecule has 0 unspecified atom stereocenters. The number of carbonyl (C=O) groups is 1. The first-order chi connectivity index (χ1) is 11.1. The van der Waals surface area contributed by atoms with Crippen LogP contribution in [-0.2, 0) is 0 Å². The Hall–Kier alpha value is -2.45. The Labute approximate surface area is 142 Å². The summed E-state index contributed by atoms with van der Waals surface area (Å²) in [4.78, 5) is 26.6. The van der Waals surface area contributed by atoms with Crippen molar-refractivity contribution in [2.24, 2.45) is 5.73 Å². The summed E-state index contributed by atoms with van der Waals surface area (Å²) in [5.74, 6) is -0.513. The molecule has 0 aliphatic heterocycles. The molecule has 24 heavy (non-hydrogen) atoms. The first-order valence-electron chi connectivity index (χ1n) is 7.16. The largest absolute Gasteiger partial charge is 0.394 e. The van der Waals surface area contributed by atoms with Gasteiger partial charge in [0.25, 0.3) is 11.5 Å². The van der Waals surface area contributed by atoms with Crippen LogP contribution >= 0.6 is 11.3 Å². The molecule has 1 amide bonds. The Balaban J connectivity index is 0.00000208. The van der Waals surface area contributed by atoms with Crippen LogP contribution < -0.4 is 11.3 Å². The van der Waals surface area contributed by atoms with Crippen molar-refractivity contribution in [3.05, 3.63) is 38.9 Å². The number of aliphatic hydroxyl groups is 1. The normalized spacial score (nSPS) is 12.1. The topological polar surface area (TPSA) is 114 Å². The van der Waals surface area contributed by atoms with E-state index in [9.17, 15) is 14.7 Å². The van der Waals surface area contributed by atoms with Crippen LogP contribution in [0.2, 0.25) is 0 Å². The van der Waals surface area contributed by atoms with E-state index in [2.05, 4.69) is 10.1 Å². The summed E-state index contributed by atoms with van der Waals surface area (Å²) in [7, 11) is 0. The molecule has 3 rings (SSSR count). The number of nitrogens with one attached hydrogen (secondary N) is 1. The molecule has 0 spiro atoms. The van der Waals surface area contributed by atoms with E-state index in [0.717, 1.165) is 0 Å². The van der Waals surface area contributed by atoms with E-state index in [0.29, 0.717) is 33.5 Å². The highest BCUT2D eigenvalue weighted by Gasteiger charge is 2.20. The van der Waals surface area contributed by atoms with Crippen LogP contribution in [-0.4, -0.2) is 32.4 Å². The molecule has 0 aliphatic carbocycles. The van der Waals surface area contributed by atoms with Crippen LogP contribution in [0, 0.1) is 0 Å². The standard InChI is InChI=1S/C15H16N4O3S.CH4/c1-2-9(6-20)19-10-3-4-17-15(22)12(10)13(18-19)8-5-11(14(16)21)23-7-8;/h3-5,7,9,20H,2,6H2,1H3,(H2,16,21)(H,17,22);1H4/t9-;/m0./s1. The van der Waals surface area contributed by atoms with E-state index in [1.54, 1.807) is 28.4 Å². The number of fused-ring (bicyclic) bond motifs is 1. The molecule has 128 valence electrons. The number of aromatic nitrogens is 3. The van der Waals surface area contributed by atoms with Crippen molar-refractivity contribution in [1.29, 1.82) is 0 Å². The van der Waals surface area contributed by atoms with E-state index in [1.807, 2.05) is 6.92 Å². The van der Waals surface area contributed by atoms with Gasteiger partial charge in [0.1, 0.15) is 5.69 Å². The fourth-order valence-electron chi connectivity index (χ4n) is 2.55. The van der Waals surface area contributed by atoms with Gasteiger partial charge in [0.05, 0.1) is 28.4 Å². The minimum atomic E-state index is -0.513. The summed E-state index contributed by atoms with van der Waals surface area (Å²) in [6.07, 6.45) is 2.23. The number of carbonyl (C=O) groups excluding carboxylic acids is 1. The molecule has 0 bridgehead atoms. The molecule has 3 heterocycles. The van der Waals surface area contributed by atoms with Gasteiger partial charge in [-0.15, -0.1) is 11.3 Å². The molecule has 3 aromatic heterocycles. The molecular weight excluding hydrogens is 328 g/mol. The minimum Gasteiger partial charge on any atom is -0.394 e. The molecule has 0 aromatic carbocycles. The number of amides is 1. The lowest BCUT2D eigenvalue weighted by molar-refractivity contribution is 0.100. The second-order valence-corrected chi connectivity index (χ2v) is 6.08. The maximum atomic E-state index is 12.3. The van der Waals surface area contributed by atoms with Gasteiger partial charge < -0.3 is 15.8 Å². The average Bonchev–Trinajstić information content (AvgIpc) is 3.14. The number of primary amides is 1. The van der Waals surface area contributed by atoms with Crippen LogP contribution in [0.15, 0.2) is 28.5 Å². The van der Waals surface area contributed by atoms with E-state index < -0.39 is 5.91 Å². The van der Waals surface area contributed by atoms with Crippen LogP contribution in [0.25, 0.3) is 22.2 Å². The smallest absolute Gasteiger partial charge is 0.259 e. The third-order valence-electron chi connectivity index (χ3n) is 3.77. The molecule has 8 heteroatoms. The van der Waals surface area contributed by atoms with Gasteiger partial charge >= 0.3 is 0 Å². The second-order valence-electron chi connectivity index (χ2n) is 5.17. The van der Waals surface area contributed by atoms with Crippen molar-refractivity contribution in [2.45, 2.75) is 26.8 Å². The van der Waals surface area contributed by atoms with Gasteiger partial charge in [0.15, 0.2) is 0 Å². The molecule has 1 atom stereocenters. The fourth-order valence-corrected chi connectivity index (χ4v) is 3.29. The highest BCUT2D eigenvalue weighted by molar-refractivity contribution is 7.12. The summed E-state index contributed by atoms with van der Waals surface area (Å²) in [6, 6.07) is 3.17. The Morgan fingerprint density at radius 1 is 1.54 bits per heavy atom. The number of aromatic amines is 1. The van der Waals surface area contributed by atoms with Gasteiger partial charge in [0.2, 0.25) is 0 Å². The Morgan fingerprint density at radius 3 is 2.88 bits per heavy atom. The number of nitrogens with two attached hydrogens (primary N) is 1. The van der Waals surface area contributed by atoms with Gasteiger partial charge in [-0.25, -0.2) is 0 Å². The van der Waals surface area contributed by atoms with Crippen molar-refractivity contribution in [2.75, 3.05) is 6.61 Å². The molecule has 0 aliphatic rings. The van der Waals surface area contributed by atoms with Gasteiger partial charge in [0, 0.05) is 17.1 Å². The highest BCUT2D eigenvalue weighted by Crippen LogP contribution is 2.31. The number of nitrogens with zero attached hydrogens (tertiary/aromatic N) is 2. The lowest BCUT2D eigenvalue weighted by Crippen LogP contribution is -2.14. The minimum absolute atomic E-state index is 0. The summed E-state index contributed by atoms with van der Waals surface area (Å²) < 4.78 is 1.67. The zero-order chi connectivity index (χ0) is 16.6. The van der Waals surface area contributed by atoms with Gasteiger partial charge in [-0.2, -0.15) is 5.10 Å². The van der Waals surface area contributed by atoms with Gasteiger partial charge in [-0.1, -0.05) is 14.4 Å². The molecule has 4 N–H and O–H groups in total. The van der Waals surface area contributed by atoms with Crippen molar-refractivity contribution in [1.82, 2.24) is 14.8 Å². The number of H-pyrrole nitrogens is 1. The average molecular weight is 348 g/mol. The van der Waals surface area contributed by atoms with Crippen molar-refractivity contribution in [3.63, 3.8) is 0 Å². The molecule has 3 aromatic rings. The Kier molecular flexibility index (Phi) is 5.20. The lowest BCUT2D eigenvalue weighted by Gasteiger charge is -2.13.